The number of anilines is 1. The summed E-state index contributed by atoms with van der Waals surface area (Å²) in [5.41, 5.74) is 6.47. The van der Waals surface area contributed by atoms with Crippen LogP contribution in [0.1, 0.15) is 16.7 Å². The number of rotatable bonds is 8. The van der Waals surface area contributed by atoms with E-state index in [4.69, 9.17) is 16.3 Å². The molecule has 0 unspecified atom stereocenters. The molecule has 3 aromatic carbocycles. The summed E-state index contributed by atoms with van der Waals surface area (Å²) in [7, 11) is 0. The number of carbonyl (C=O) groups is 1. The number of nitrogens with zero attached hydrogens (tertiary/aromatic N) is 1. The third-order valence-corrected chi connectivity index (χ3v) is 4.36. The minimum atomic E-state index is -0.218. The van der Waals surface area contributed by atoms with Crippen LogP contribution in [0.3, 0.4) is 0 Å². The number of aryl methyl sites for hydroxylation is 1. The molecule has 0 saturated heterocycles. The second-order valence-corrected chi connectivity index (χ2v) is 6.93. The lowest BCUT2D eigenvalue weighted by Crippen LogP contribution is -2.25. The van der Waals surface area contributed by atoms with Gasteiger partial charge >= 0.3 is 0 Å². The molecule has 29 heavy (non-hydrogen) atoms. The van der Waals surface area contributed by atoms with Gasteiger partial charge < -0.3 is 10.1 Å². The maximum Gasteiger partial charge on any atom is 0.259 e. The second kappa shape index (κ2) is 10.3. The molecule has 0 aliphatic carbocycles. The van der Waals surface area contributed by atoms with Gasteiger partial charge in [-0.05, 0) is 66.6 Å². The fourth-order valence-corrected chi connectivity index (χ4v) is 2.60. The molecule has 148 valence electrons. The fraction of sp³-hybridized carbons (Fsp3) is 0.130. The van der Waals surface area contributed by atoms with Gasteiger partial charge in [0, 0.05) is 10.7 Å². The van der Waals surface area contributed by atoms with Gasteiger partial charge in [0.2, 0.25) is 0 Å². The van der Waals surface area contributed by atoms with Crippen molar-refractivity contribution in [2.75, 3.05) is 11.9 Å². The molecule has 0 aromatic heterocycles. The van der Waals surface area contributed by atoms with Crippen LogP contribution in [0.25, 0.3) is 0 Å². The van der Waals surface area contributed by atoms with Crippen LogP contribution < -0.4 is 15.5 Å². The van der Waals surface area contributed by atoms with Crippen LogP contribution in [0.2, 0.25) is 5.02 Å². The van der Waals surface area contributed by atoms with Crippen LogP contribution in [-0.2, 0) is 11.4 Å². The maximum atomic E-state index is 11.9. The molecule has 0 fully saturated rings. The zero-order valence-corrected chi connectivity index (χ0v) is 16.8. The summed E-state index contributed by atoms with van der Waals surface area (Å²) in [6.45, 7) is 2.63. The molecule has 2 N–H and O–H groups in total. The average Bonchev–Trinajstić information content (AvgIpc) is 2.74. The Morgan fingerprint density at radius 3 is 2.38 bits per heavy atom. The first kappa shape index (κ1) is 20.4. The molecule has 0 heterocycles. The standard InChI is InChI=1S/C23H22ClN3O2/c1-17-2-10-21(11-3-17)25-15-23(28)27-26-14-18-6-12-22(13-7-18)29-16-19-4-8-20(24)9-5-19/h2-14,25H,15-16H2,1H3,(H,27,28)/b26-14-. The number of amides is 1. The van der Waals surface area contributed by atoms with Crippen molar-refractivity contribution in [1.82, 2.24) is 5.43 Å². The molecule has 0 spiro atoms. The number of benzene rings is 3. The smallest absolute Gasteiger partial charge is 0.259 e. The summed E-state index contributed by atoms with van der Waals surface area (Å²) in [5, 5.41) is 7.73. The van der Waals surface area contributed by atoms with Crippen molar-refractivity contribution in [2.45, 2.75) is 13.5 Å². The number of hydrogen-bond donors (Lipinski definition) is 2. The Kier molecular flexibility index (Phi) is 7.25. The number of hydrogen-bond acceptors (Lipinski definition) is 4. The Hall–Kier alpha value is -3.31. The molecular weight excluding hydrogens is 386 g/mol. The Labute approximate surface area is 175 Å². The molecule has 5 nitrogen and oxygen atoms in total. The molecule has 6 heteroatoms. The summed E-state index contributed by atoms with van der Waals surface area (Å²) in [5.74, 6) is 0.535. The highest BCUT2D eigenvalue weighted by molar-refractivity contribution is 6.30. The van der Waals surface area contributed by atoms with E-state index in [1.54, 1.807) is 6.21 Å². The van der Waals surface area contributed by atoms with E-state index in [1.807, 2.05) is 79.7 Å². The Balaban J connectivity index is 1.41. The molecule has 0 atom stereocenters. The maximum absolute atomic E-state index is 11.9. The van der Waals surface area contributed by atoms with E-state index in [1.165, 1.54) is 5.56 Å². The molecule has 0 radical (unpaired) electrons. The van der Waals surface area contributed by atoms with Crippen molar-refractivity contribution >= 4 is 29.4 Å². The lowest BCUT2D eigenvalue weighted by atomic mass is 10.2. The van der Waals surface area contributed by atoms with E-state index in [0.29, 0.717) is 11.6 Å². The summed E-state index contributed by atoms with van der Waals surface area (Å²) in [4.78, 5) is 11.9. The van der Waals surface area contributed by atoms with Crippen LogP contribution in [0.4, 0.5) is 5.69 Å². The van der Waals surface area contributed by atoms with Gasteiger partial charge in [0.25, 0.3) is 5.91 Å². The quantitative estimate of drug-likeness (QED) is 0.417. The molecule has 1 amide bonds. The third kappa shape index (κ3) is 6.97. The van der Waals surface area contributed by atoms with E-state index < -0.39 is 0 Å². The van der Waals surface area contributed by atoms with Crippen molar-refractivity contribution < 1.29 is 9.53 Å². The Bertz CT molecular complexity index is 953. The predicted octanol–water partition coefficient (Wildman–Crippen LogP) is 4.79. The van der Waals surface area contributed by atoms with Crippen LogP contribution in [0.5, 0.6) is 5.75 Å². The molecular formula is C23H22ClN3O2. The molecule has 0 aliphatic rings. The number of nitrogens with one attached hydrogen (secondary N) is 2. The molecule has 0 aliphatic heterocycles. The molecule has 3 aromatic rings. The van der Waals surface area contributed by atoms with Gasteiger partial charge in [0.15, 0.2) is 0 Å². The summed E-state index contributed by atoms with van der Waals surface area (Å²) in [6, 6.07) is 22.8. The SMILES string of the molecule is Cc1ccc(NCC(=O)N/N=C\c2ccc(OCc3ccc(Cl)cc3)cc2)cc1. The van der Waals surface area contributed by atoms with Gasteiger partial charge in [0.1, 0.15) is 12.4 Å². The van der Waals surface area contributed by atoms with Crippen LogP contribution >= 0.6 is 11.6 Å². The lowest BCUT2D eigenvalue weighted by molar-refractivity contribution is -0.119. The largest absolute Gasteiger partial charge is 0.489 e. The highest BCUT2D eigenvalue weighted by atomic mass is 35.5. The summed E-state index contributed by atoms with van der Waals surface area (Å²) in [6.07, 6.45) is 1.59. The number of hydrazone groups is 1. The zero-order chi connectivity index (χ0) is 20.5. The van der Waals surface area contributed by atoms with Gasteiger partial charge in [-0.15, -0.1) is 0 Å². The minimum Gasteiger partial charge on any atom is -0.489 e. The summed E-state index contributed by atoms with van der Waals surface area (Å²) < 4.78 is 5.75. The van der Waals surface area contributed by atoms with Crippen LogP contribution in [-0.4, -0.2) is 18.7 Å². The van der Waals surface area contributed by atoms with Gasteiger partial charge in [0.05, 0.1) is 12.8 Å². The number of carbonyl (C=O) groups excluding carboxylic acids is 1. The second-order valence-electron chi connectivity index (χ2n) is 6.50. The van der Waals surface area contributed by atoms with Crippen molar-refractivity contribution in [3.8, 4) is 5.75 Å². The normalized spacial score (nSPS) is 10.7. The van der Waals surface area contributed by atoms with Gasteiger partial charge in [-0.2, -0.15) is 5.10 Å². The van der Waals surface area contributed by atoms with E-state index >= 15 is 0 Å². The summed E-state index contributed by atoms with van der Waals surface area (Å²) >= 11 is 5.88. The van der Waals surface area contributed by atoms with Crippen LogP contribution in [0, 0.1) is 6.92 Å². The van der Waals surface area contributed by atoms with Crippen molar-refractivity contribution in [1.29, 1.82) is 0 Å². The van der Waals surface area contributed by atoms with Crippen molar-refractivity contribution in [3.63, 3.8) is 0 Å². The molecule has 0 saturated carbocycles. The van der Waals surface area contributed by atoms with Gasteiger partial charge in [-0.1, -0.05) is 41.4 Å². The average molecular weight is 408 g/mol. The van der Waals surface area contributed by atoms with Gasteiger partial charge in [-0.3, -0.25) is 4.79 Å². The zero-order valence-electron chi connectivity index (χ0n) is 16.1. The number of ether oxygens (including phenoxy) is 1. The van der Waals surface area contributed by atoms with E-state index in [-0.39, 0.29) is 12.5 Å². The van der Waals surface area contributed by atoms with E-state index in [2.05, 4.69) is 15.8 Å². The fourth-order valence-electron chi connectivity index (χ4n) is 2.47. The minimum absolute atomic E-state index is 0.151. The lowest BCUT2D eigenvalue weighted by Gasteiger charge is -2.07. The van der Waals surface area contributed by atoms with E-state index in [9.17, 15) is 4.79 Å². The topological polar surface area (TPSA) is 62.7 Å². The molecule has 3 rings (SSSR count). The number of halogens is 1. The highest BCUT2D eigenvalue weighted by Crippen LogP contribution is 2.15. The van der Waals surface area contributed by atoms with E-state index in [0.717, 1.165) is 22.6 Å². The van der Waals surface area contributed by atoms with Crippen LogP contribution in [0.15, 0.2) is 77.9 Å². The Morgan fingerprint density at radius 1 is 1.00 bits per heavy atom. The van der Waals surface area contributed by atoms with Gasteiger partial charge in [-0.25, -0.2) is 5.43 Å². The first-order chi connectivity index (χ1) is 14.1. The predicted molar refractivity (Wildman–Crippen MR) is 118 cm³/mol. The Morgan fingerprint density at radius 2 is 1.69 bits per heavy atom. The van der Waals surface area contributed by atoms with Crippen molar-refractivity contribution in [2.24, 2.45) is 5.10 Å². The third-order valence-electron chi connectivity index (χ3n) is 4.11. The first-order valence-corrected chi connectivity index (χ1v) is 9.56. The van der Waals surface area contributed by atoms with Crippen molar-refractivity contribution in [3.05, 3.63) is 94.5 Å². The monoisotopic (exact) mass is 407 g/mol. The first-order valence-electron chi connectivity index (χ1n) is 9.18. The molecule has 0 bridgehead atoms. The highest BCUT2D eigenvalue weighted by Gasteiger charge is 2.00.